The Bertz CT molecular complexity index is 1100. The first-order valence-electron chi connectivity index (χ1n) is 12.7. The van der Waals surface area contributed by atoms with Crippen molar-refractivity contribution in [2.24, 2.45) is 0 Å². The summed E-state index contributed by atoms with van der Waals surface area (Å²) in [7, 11) is 1.70. The molecule has 2 aromatic rings. The lowest BCUT2D eigenvalue weighted by atomic mass is 9.99. The van der Waals surface area contributed by atoms with Gasteiger partial charge in [0.15, 0.2) is 0 Å². The zero-order valence-electron chi connectivity index (χ0n) is 21.4. The zero-order valence-corrected chi connectivity index (χ0v) is 22.2. The van der Waals surface area contributed by atoms with E-state index in [4.69, 9.17) is 21.1 Å². The van der Waals surface area contributed by atoms with Gasteiger partial charge in [0.05, 0.1) is 12.7 Å². The Labute approximate surface area is 221 Å². The summed E-state index contributed by atoms with van der Waals surface area (Å²) >= 11 is 6.03. The van der Waals surface area contributed by atoms with E-state index in [1.807, 2.05) is 0 Å². The van der Waals surface area contributed by atoms with E-state index in [0.29, 0.717) is 48.5 Å². The second-order valence-electron chi connectivity index (χ2n) is 9.55. The van der Waals surface area contributed by atoms with Crippen molar-refractivity contribution in [3.05, 3.63) is 46.4 Å². The van der Waals surface area contributed by atoms with E-state index in [1.54, 1.807) is 25.0 Å². The van der Waals surface area contributed by atoms with E-state index in [1.165, 1.54) is 25.4 Å². The molecular weight excluding hydrogens is 504 g/mol. The van der Waals surface area contributed by atoms with Gasteiger partial charge >= 0.3 is 0 Å². The SMILES string of the molecule is CCC(F)(F)c1cc(Nc2ncnc(C(=O)N3CCC(N[C@@H]4CCOC[C@@H]4OC)CC3)c2C)ccc1Cl. The smallest absolute Gasteiger partial charge is 0.274 e. The Morgan fingerprint density at radius 1 is 1.27 bits per heavy atom. The molecule has 1 aromatic heterocycles. The number of nitrogens with one attached hydrogen (secondary N) is 2. The Hall–Kier alpha value is -2.40. The van der Waals surface area contributed by atoms with Crippen molar-refractivity contribution in [3.8, 4) is 0 Å². The lowest BCUT2D eigenvalue weighted by Gasteiger charge is -2.38. The number of likely N-dealkylation sites (tertiary alicyclic amines) is 1. The molecule has 2 N–H and O–H groups in total. The molecule has 0 radical (unpaired) electrons. The quantitative estimate of drug-likeness (QED) is 0.505. The fourth-order valence-corrected chi connectivity index (χ4v) is 5.09. The summed E-state index contributed by atoms with van der Waals surface area (Å²) in [4.78, 5) is 23.6. The van der Waals surface area contributed by atoms with Crippen molar-refractivity contribution in [2.75, 3.05) is 38.7 Å². The van der Waals surface area contributed by atoms with E-state index in [9.17, 15) is 13.6 Å². The van der Waals surface area contributed by atoms with Crippen LogP contribution in [0.4, 0.5) is 20.3 Å². The Kier molecular flexibility index (Phi) is 8.94. The van der Waals surface area contributed by atoms with E-state index >= 15 is 0 Å². The highest BCUT2D eigenvalue weighted by atomic mass is 35.5. The number of nitrogens with zero attached hydrogens (tertiary/aromatic N) is 3. The summed E-state index contributed by atoms with van der Waals surface area (Å²) in [6.07, 6.45) is 3.54. The van der Waals surface area contributed by atoms with Crippen molar-refractivity contribution >= 4 is 29.0 Å². The average molecular weight is 538 g/mol. The van der Waals surface area contributed by atoms with Crippen molar-refractivity contribution in [1.29, 1.82) is 0 Å². The number of halogens is 3. The van der Waals surface area contributed by atoms with Gasteiger partial charge < -0.3 is 25.0 Å². The maximum absolute atomic E-state index is 14.3. The number of ether oxygens (including phenoxy) is 2. The third kappa shape index (κ3) is 6.37. The fourth-order valence-electron chi connectivity index (χ4n) is 4.84. The minimum atomic E-state index is -3.05. The number of anilines is 2. The highest BCUT2D eigenvalue weighted by molar-refractivity contribution is 6.31. The van der Waals surface area contributed by atoms with E-state index in [2.05, 4.69) is 20.6 Å². The average Bonchev–Trinajstić information content (AvgIpc) is 2.91. The van der Waals surface area contributed by atoms with Crippen molar-refractivity contribution < 1.29 is 23.0 Å². The normalized spacial score (nSPS) is 21.2. The molecule has 0 spiro atoms. The standard InChI is InChI=1S/C26H34ClF2N5O3/c1-4-26(28,29)19-13-18(5-6-20(19)27)33-24-16(2)23(30-15-31-24)25(35)34-10-7-17(8-11-34)32-21-9-12-37-14-22(21)36-3/h5-6,13,15,17,21-22,32H,4,7-12,14H2,1-3H3,(H,30,31,33)/t21-,22+/m1/s1. The largest absolute Gasteiger partial charge is 0.379 e. The number of hydrogen-bond acceptors (Lipinski definition) is 7. The summed E-state index contributed by atoms with van der Waals surface area (Å²) in [5.41, 5.74) is 0.998. The lowest BCUT2D eigenvalue weighted by Crippen LogP contribution is -2.54. The van der Waals surface area contributed by atoms with Crippen LogP contribution in [0.5, 0.6) is 0 Å². The van der Waals surface area contributed by atoms with Gasteiger partial charge in [0, 0.05) is 67.1 Å². The lowest BCUT2D eigenvalue weighted by molar-refractivity contribution is -0.0533. The summed E-state index contributed by atoms with van der Waals surface area (Å²) in [6.45, 7) is 5.68. The number of rotatable bonds is 8. The van der Waals surface area contributed by atoms with Crippen LogP contribution in [0, 0.1) is 6.92 Å². The van der Waals surface area contributed by atoms with Crippen LogP contribution in [-0.4, -0.2) is 72.4 Å². The van der Waals surface area contributed by atoms with Crippen molar-refractivity contribution in [1.82, 2.24) is 20.2 Å². The summed E-state index contributed by atoms with van der Waals surface area (Å²) < 4.78 is 39.7. The molecule has 3 heterocycles. The van der Waals surface area contributed by atoms with Gasteiger partial charge in [0.2, 0.25) is 0 Å². The van der Waals surface area contributed by atoms with Crippen molar-refractivity contribution in [2.45, 2.75) is 63.6 Å². The number of hydrogen-bond donors (Lipinski definition) is 2. The first-order valence-corrected chi connectivity index (χ1v) is 13.0. The molecule has 37 heavy (non-hydrogen) atoms. The van der Waals surface area contributed by atoms with E-state index in [-0.39, 0.29) is 35.1 Å². The number of aromatic nitrogens is 2. The fraction of sp³-hybridized carbons (Fsp3) is 0.577. The van der Waals surface area contributed by atoms with Gasteiger partial charge in [0.25, 0.3) is 11.8 Å². The number of methoxy groups -OCH3 is 1. The summed E-state index contributed by atoms with van der Waals surface area (Å²) in [5, 5.41) is 6.74. The second-order valence-corrected chi connectivity index (χ2v) is 9.96. The molecular formula is C26H34ClF2N5O3. The van der Waals surface area contributed by atoms with E-state index in [0.717, 1.165) is 25.9 Å². The Morgan fingerprint density at radius 2 is 2.03 bits per heavy atom. The maximum Gasteiger partial charge on any atom is 0.274 e. The number of amides is 1. The molecule has 2 atom stereocenters. The molecule has 0 saturated carbocycles. The third-order valence-electron chi connectivity index (χ3n) is 7.19. The number of carbonyl (C=O) groups is 1. The van der Waals surface area contributed by atoms with Crippen LogP contribution in [-0.2, 0) is 15.4 Å². The molecule has 2 aliphatic heterocycles. The Balaban J connectivity index is 1.41. The number of alkyl halides is 2. The molecule has 0 bridgehead atoms. The molecule has 8 nitrogen and oxygen atoms in total. The molecule has 2 saturated heterocycles. The number of carbonyl (C=O) groups excluding carboxylic acids is 1. The topological polar surface area (TPSA) is 88.6 Å². The third-order valence-corrected chi connectivity index (χ3v) is 7.52. The van der Waals surface area contributed by atoms with Crippen LogP contribution >= 0.6 is 11.6 Å². The first-order chi connectivity index (χ1) is 17.7. The van der Waals surface area contributed by atoms with Crippen LogP contribution in [0.1, 0.15) is 54.2 Å². The van der Waals surface area contributed by atoms with Crippen LogP contribution in [0.2, 0.25) is 5.02 Å². The zero-order chi connectivity index (χ0) is 26.6. The van der Waals surface area contributed by atoms with Gasteiger partial charge in [0.1, 0.15) is 17.8 Å². The number of piperidine rings is 1. The highest BCUT2D eigenvalue weighted by Crippen LogP contribution is 2.38. The van der Waals surface area contributed by atoms with Gasteiger partial charge in [-0.15, -0.1) is 0 Å². The van der Waals surface area contributed by atoms with Crippen molar-refractivity contribution in [3.63, 3.8) is 0 Å². The minimum absolute atomic E-state index is 0.000120. The summed E-state index contributed by atoms with van der Waals surface area (Å²) in [6, 6.07) is 4.89. The molecule has 4 rings (SSSR count). The van der Waals surface area contributed by atoms with Gasteiger partial charge in [-0.05, 0) is 44.4 Å². The molecule has 1 amide bonds. The minimum Gasteiger partial charge on any atom is -0.379 e. The summed E-state index contributed by atoms with van der Waals surface area (Å²) in [5.74, 6) is -2.84. The van der Waals surface area contributed by atoms with Gasteiger partial charge in [-0.25, -0.2) is 18.7 Å². The van der Waals surface area contributed by atoms with E-state index < -0.39 is 5.92 Å². The van der Waals surface area contributed by atoms with Crippen LogP contribution in [0.15, 0.2) is 24.5 Å². The van der Waals surface area contributed by atoms with Crippen LogP contribution < -0.4 is 10.6 Å². The van der Waals surface area contributed by atoms with Gasteiger partial charge in [-0.3, -0.25) is 4.79 Å². The van der Waals surface area contributed by atoms with Crippen LogP contribution in [0.3, 0.4) is 0 Å². The molecule has 0 aliphatic carbocycles. The highest BCUT2D eigenvalue weighted by Gasteiger charge is 2.33. The Morgan fingerprint density at radius 3 is 2.73 bits per heavy atom. The molecule has 1 aromatic carbocycles. The molecule has 202 valence electrons. The molecule has 11 heteroatoms. The molecule has 2 fully saturated rings. The maximum atomic E-state index is 14.3. The molecule has 2 aliphatic rings. The van der Waals surface area contributed by atoms with Gasteiger partial charge in [-0.2, -0.15) is 0 Å². The predicted octanol–water partition coefficient (Wildman–Crippen LogP) is 4.68. The monoisotopic (exact) mass is 537 g/mol. The van der Waals surface area contributed by atoms with Crippen LogP contribution in [0.25, 0.3) is 0 Å². The first kappa shape index (κ1) is 27.6. The second kappa shape index (κ2) is 12.0. The predicted molar refractivity (Wildman–Crippen MR) is 138 cm³/mol. The number of benzene rings is 1. The van der Waals surface area contributed by atoms with Gasteiger partial charge in [-0.1, -0.05) is 18.5 Å². The molecule has 0 unspecified atom stereocenters.